The lowest BCUT2D eigenvalue weighted by Crippen LogP contribution is -2.54. The van der Waals surface area contributed by atoms with Crippen LogP contribution in [0.25, 0.3) is 0 Å². The van der Waals surface area contributed by atoms with Crippen LogP contribution in [-0.4, -0.2) is 24.4 Å². The van der Waals surface area contributed by atoms with Crippen LogP contribution < -0.4 is 9.88 Å². The number of aryl methyl sites for hydroxylation is 1. The number of carbonyl (C=O) groups is 1. The van der Waals surface area contributed by atoms with Crippen LogP contribution in [0.2, 0.25) is 0 Å². The van der Waals surface area contributed by atoms with E-state index < -0.39 is 0 Å². The summed E-state index contributed by atoms with van der Waals surface area (Å²) in [5, 5.41) is 3.35. The molecule has 1 aliphatic heterocycles. The van der Waals surface area contributed by atoms with Crippen LogP contribution in [0.3, 0.4) is 0 Å². The first kappa shape index (κ1) is 10.9. The Bertz CT molecular complexity index is 417. The third kappa shape index (κ3) is 1.87. The first-order chi connectivity index (χ1) is 7.59. The molecule has 4 heteroatoms. The minimum absolute atomic E-state index is 0.103. The topological polar surface area (TPSA) is 36.2 Å². The maximum Gasteiger partial charge on any atom is 0.276 e. The highest BCUT2D eigenvalue weighted by atomic mass is 16.2. The number of carbonyl (C=O) groups excluding carboxylic acids is 1. The summed E-state index contributed by atoms with van der Waals surface area (Å²) in [7, 11) is 1.86. The summed E-state index contributed by atoms with van der Waals surface area (Å²) < 4.78 is 2.12. The molecule has 1 amide bonds. The van der Waals surface area contributed by atoms with Crippen molar-refractivity contribution in [1.82, 2.24) is 4.90 Å². The Hall–Kier alpha value is -1.58. The summed E-state index contributed by atoms with van der Waals surface area (Å²) >= 11 is 0. The number of fused-ring (bicyclic) bond motifs is 1. The van der Waals surface area contributed by atoms with E-state index in [1.807, 2.05) is 13.2 Å². The molecule has 0 bridgehead atoms. The second kappa shape index (κ2) is 4.12. The number of nitrogens with one attached hydrogen (secondary N) is 1. The molecule has 1 aliphatic rings. The number of pyridine rings is 1. The second-order valence-corrected chi connectivity index (χ2v) is 4.32. The molecule has 0 saturated carbocycles. The van der Waals surface area contributed by atoms with Crippen LogP contribution >= 0.6 is 0 Å². The van der Waals surface area contributed by atoms with Crippen molar-refractivity contribution in [3.05, 3.63) is 23.9 Å². The van der Waals surface area contributed by atoms with Crippen molar-refractivity contribution in [3.8, 4) is 0 Å². The van der Waals surface area contributed by atoms with Crippen LogP contribution in [0.15, 0.2) is 18.3 Å². The molecule has 16 heavy (non-hydrogen) atoms. The van der Waals surface area contributed by atoms with Gasteiger partial charge in [-0.2, -0.15) is 0 Å². The van der Waals surface area contributed by atoms with Gasteiger partial charge in [-0.25, -0.2) is 4.57 Å². The van der Waals surface area contributed by atoms with Crippen LogP contribution in [0, 0.1) is 6.92 Å². The van der Waals surface area contributed by atoms with Crippen molar-refractivity contribution in [1.29, 1.82) is 0 Å². The van der Waals surface area contributed by atoms with Crippen LogP contribution in [0.1, 0.15) is 25.1 Å². The molecular weight excluding hydrogens is 202 g/mol. The number of hydrogen-bond donors (Lipinski definition) is 1. The third-order valence-electron chi connectivity index (χ3n) is 3.11. The fraction of sp³-hybridized carbons (Fsp3) is 0.500. The van der Waals surface area contributed by atoms with Gasteiger partial charge in [0, 0.05) is 26.5 Å². The maximum atomic E-state index is 11.4. The van der Waals surface area contributed by atoms with Gasteiger partial charge in [0.2, 0.25) is 5.91 Å². The summed E-state index contributed by atoms with van der Waals surface area (Å²) in [5.74, 6) is 1.19. The fourth-order valence-electron chi connectivity index (χ4n) is 2.08. The van der Waals surface area contributed by atoms with Crippen molar-refractivity contribution in [2.45, 2.75) is 26.4 Å². The van der Waals surface area contributed by atoms with Gasteiger partial charge in [-0.05, 0) is 18.6 Å². The summed E-state index contributed by atoms with van der Waals surface area (Å²) in [5.41, 5.74) is 1.23. The van der Waals surface area contributed by atoms with Crippen molar-refractivity contribution in [2.75, 3.05) is 18.9 Å². The Balaban J connectivity index is 2.36. The molecule has 1 unspecified atom stereocenters. The highest BCUT2D eigenvalue weighted by molar-refractivity contribution is 5.72. The highest BCUT2D eigenvalue weighted by Crippen LogP contribution is 2.18. The number of hydrogen-bond acceptors (Lipinski definition) is 2. The first-order valence-corrected chi connectivity index (χ1v) is 5.58. The molecule has 2 rings (SSSR count). The Morgan fingerprint density at radius 1 is 1.62 bits per heavy atom. The number of aromatic nitrogens is 1. The largest absolute Gasteiger partial charge is 0.307 e. The molecule has 0 aliphatic carbocycles. The molecule has 1 aromatic heterocycles. The van der Waals surface area contributed by atoms with Crippen LogP contribution in [-0.2, 0) is 4.79 Å². The van der Waals surface area contributed by atoms with E-state index in [0.29, 0.717) is 0 Å². The second-order valence-electron chi connectivity index (χ2n) is 4.32. The average Bonchev–Trinajstić information content (AvgIpc) is 2.26. The van der Waals surface area contributed by atoms with E-state index in [4.69, 9.17) is 0 Å². The monoisotopic (exact) mass is 220 g/mol. The quantitative estimate of drug-likeness (QED) is 0.719. The predicted octanol–water partition coefficient (Wildman–Crippen LogP) is 1.08. The van der Waals surface area contributed by atoms with Gasteiger partial charge in [-0.3, -0.25) is 10.1 Å². The molecule has 1 aromatic rings. The minimum atomic E-state index is 0.103. The van der Waals surface area contributed by atoms with E-state index in [2.05, 4.69) is 28.9 Å². The zero-order valence-electron chi connectivity index (χ0n) is 10.0. The van der Waals surface area contributed by atoms with Gasteiger partial charge in [0.15, 0.2) is 6.17 Å². The molecule has 1 N–H and O–H groups in total. The zero-order chi connectivity index (χ0) is 11.7. The molecule has 1 atom stereocenters. The number of nitrogens with zero attached hydrogens (tertiary/aromatic N) is 2. The molecule has 0 spiro atoms. The lowest BCUT2D eigenvalue weighted by atomic mass is 10.2. The number of rotatable bonds is 1. The molecule has 2 heterocycles. The van der Waals surface area contributed by atoms with Crippen LogP contribution in [0.5, 0.6) is 0 Å². The van der Waals surface area contributed by atoms with E-state index in [1.54, 1.807) is 11.8 Å². The Morgan fingerprint density at radius 3 is 3.06 bits per heavy atom. The normalized spacial score (nSPS) is 18.6. The van der Waals surface area contributed by atoms with Crippen LogP contribution in [0.4, 0.5) is 5.82 Å². The number of anilines is 1. The summed E-state index contributed by atoms with van der Waals surface area (Å²) in [6.45, 7) is 4.59. The average molecular weight is 220 g/mol. The first-order valence-electron chi connectivity index (χ1n) is 5.58. The van der Waals surface area contributed by atoms with Crippen molar-refractivity contribution < 1.29 is 9.36 Å². The Labute approximate surface area is 95.9 Å². The van der Waals surface area contributed by atoms with E-state index in [0.717, 1.165) is 18.8 Å². The third-order valence-corrected chi connectivity index (χ3v) is 3.11. The zero-order valence-corrected chi connectivity index (χ0v) is 10.0. The van der Waals surface area contributed by atoms with E-state index >= 15 is 0 Å². The van der Waals surface area contributed by atoms with Gasteiger partial charge in [0.1, 0.15) is 0 Å². The van der Waals surface area contributed by atoms with Gasteiger partial charge < -0.3 is 4.90 Å². The van der Waals surface area contributed by atoms with E-state index in [9.17, 15) is 4.79 Å². The van der Waals surface area contributed by atoms with E-state index in [-0.39, 0.29) is 12.1 Å². The molecule has 0 radical (unpaired) electrons. The SMILES string of the molecule is CC(=O)N(C)C1CCNc2cc(C)cc[n+]21. The molecular formula is C12H18N3O+. The Kier molecular flexibility index (Phi) is 2.81. The summed E-state index contributed by atoms with van der Waals surface area (Å²) in [4.78, 5) is 13.2. The van der Waals surface area contributed by atoms with Gasteiger partial charge in [-0.1, -0.05) is 0 Å². The van der Waals surface area contributed by atoms with Gasteiger partial charge in [0.05, 0.1) is 12.7 Å². The van der Waals surface area contributed by atoms with Crippen molar-refractivity contribution >= 4 is 11.7 Å². The van der Waals surface area contributed by atoms with E-state index in [1.165, 1.54) is 5.56 Å². The lowest BCUT2D eigenvalue weighted by molar-refractivity contribution is -0.730. The van der Waals surface area contributed by atoms with Crippen molar-refractivity contribution in [2.24, 2.45) is 0 Å². The highest BCUT2D eigenvalue weighted by Gasteiger charge is 2.29. The summed E-state index contributed by atoms with van der Waals surface area (Å²) in [6.07, 6.45) is 3.12. The molecule has 86 valence electrons. The summed E-state index contributed by atoms with van der Waals surface area (Å²) in [6, 6.07) is 4.18. The van der Waals surface area contributed by atoms with Gasteiger partial charge in [0.25, 0.3) is 5.82 Å². The van der Waals surface area contributed by atoms with Gasteiger partial charge >= 0.3 is 0 Å². The fourth-order valence-corrected chi connectivity index (χ4v) is 2.08. The van der Waals surface area contributed by atoms with Gasteiger partial charge in [-0.15, -0.1) is 0 Å². The predicted molar refractivity (Wildman–Crippen MR) is 62.0 cm³/mol. The lowest BCUT2D eigenvalue weighted by Gasteiger charge is -2.29. The molecule has 4 nitrogen and oxygen atoms in total. The minimum Gasteiger partial charge on any atom is -0.307 e. The molecule has 0 fully saturated rings. The smallest absolute Gasteiger partial charge is 0.276 e. The Morgan fingerprint density at radius 2 is 2.38 bits per heavy atom. The molecule has 0 saturated heterocycles. The maximum absolute atomic E-state index is 11.4. The standard InChI is InChI=1S/C12H17N3O/c1-9-5-7-15-11(8-9)13-6-4-12(15)14(3)10(2)16/h5,7-8,12H,4,6H2,1-3H3/p+1. The molecule has 0 aromatic carbocycles. The van der Waals surface area contributed by atoms with Crippen molar-refractivity contribution in [3.63, 3.8) is 0 Å². The number of amides is 1.